The molecule has 0 bridgehead atoms. The Morgan fingerprint density at radius 1 is 1.56 bits per heavy atom. The number of carbonyl (C=O) groups is 1. The van der Waals surface area contributed by atoms with Crippen molar-refractivity contribution in [2.75, 3.05) is 11.1 Å². The lowest BCUT2D eigenvalue weighted by Gasteiger charge is -2.12. The predicted molar refractivity (Wildman–Crippen MR) is 68.6 cm³/mol. The first-order valence-electron chi connectivity index (χ1n) is 5.40. The van der Waals surface area contributed by atoms with Crippen LogP contribution in [0.2, 0.25) is 5.02 Å². The summed E-state index contributed by atoms with van der Waals surface area (Å²) in [5.41, 5.74) is 6.77. The molecule has 4 heteroatoms. The first-order chi connectivity index (χ1) is 7.54. The van der Waals surface area contributed by atoms with Gasteiger partial charge in [-0.1, -0.05) is 31.9 Å². The van der Waals surface area contributed by atoms with Gasteiger partial charge in [0.15, 0.2) is 0 Å². The van der Waals surface area contributed by atoms with Gasteiger partial charge in [0.2, 0.25) is 5.91 Å². The number of anilines is 2. The van der Waals surface area contributed by atoms with Gasteiger partial charge < -0.3 is 11.1 Å². The first kappa shape index (κ1) is 12.8. The molecule has 88 valence electrons. The molecular weight excluding hydrogens is 224 g/mol. The molecule has 0 aromatic heterocycles. The molecule has 0 radical (unpaired) electrons. The van der Waals surface area contributed by atoms with Crippen molar-refractivity contribution in [1.82, 2.24) is 0 Å². The second-order valence-corrected chi connectivity index (χ2v) is 4.33. The fourth-order valence-corrected chi connectivity index (χ4v) is 1.69. The average Bonchev–Trinajstić information content (AvgIpc) is 2.22. The molecule has 1 aromatic rings. The molecule has 3 nitrogen and oxygen atoms in total. The standard InChI is InChI=1S/C12H17ClN2O/c1-3-4-8(2)12(16)15-11-6-5-9(14)7-10(11)13/h5-8H,3-4,14H2,1-2H3,(H,15,16). The fraction of sp³-hybridized carbons (Fsp3) is 0.417. The van der Waals surface area contributed by atoms with Gasteiger partial charge in [0.25, 0.3) is 0 Å². The van der Waals surface area contributed by atoms with Crippen LogP contribution >= 0.6 is 11.6 Å². The van der Waals surface area contributed by atoms with Crippen LogP contribution in [0.4, 0.5) is 11.4 Å². The molecule has 0 fully saturated rings. The summed E-state index contributed by atoms with van der Waals surface area (Å²) in [4.78, 5) is 11.7. The van der Waals surface area contributed by atoms with Gasteiger partial charge in [0.05, 0.1) is 10.7 Å². The van der Waals surface area contributed by atoms with E-state index >= 15 is 0 Å². The van der Waals surface area contributed by atoms with E-state index in [1.807, 2.05) is 6.92 Å². The number of benzene rings is 1. The van der Waals surface area contributed by atoms with Gasteiger partial charge >= 0.3 is 0 Å². The van der Waals surface area contributed by atoms with Crippen LogP contribution in [0.3, 0.4) is 0 Å². The Morgan fingerprint density at radius 2 is 2.25 bits per heavy atom. The predicted octanol–water partition coefficient (Wildman–Crippen LogP) is 3.30. The number of rotatable bonds is 4. The summed E-state index contributed by atoms with van der Waals surface area (Å²) in [5.74, 6) is -0.00728. The summed E-state index contributed by atoms with van der Waals surface area (Å²) in [6.45, 7) is 3.96. The maximum atomic E-state index is 11.7. The number of hydrogen-bond donors (Lipinski definition) is 2. The van der Waals surface area contributed by atoms with Crippen molar-refractivity contribution >= 4 is 28.9 Å². The lowest BCUT2D eigenvalue weighted by Crippen LogP contribution is -2.20. The maximum absolute atomic E-state index is 11.7. The molecule has 1 atom stereocenters. The zero-order valence-electron chi connectivity index (χ0n) is 9.59. The zero-order chi connectivity index (χ0) is 12.1. The minimum absolute atomic E-state index is 0.00128. The van der Waals surface area contributed by atoms with Crippen molar-refractivity contribution in [3.05, 3.63) is 23.2 Å². The second-order valence-electron chi connectivity index (χ2n) is 3.92. The second kappa shape index (κ2) is 5.75. The number of nitrogens with one attached hydrogen (secondary N) is 1. The number of halogens is 1. The molecule has 0 aliphatic carbocycles. The maximum Gasteiger partial charge on any atom is 0.227 e. The largest absolute Gasteiger partial charge is 0.399 e. The van der Waals surface area contributed by atoms with Crippen LogP contribution in [0.1, 0.15) is 26.7 Å². The summed E-state index contributed by atoms with van der Waals surface area (Å²) in [6.07, 6.45) is 1.86. The van der Waals surface area contributed by atoms with Gasteiger partial charge in [0, 0.05) is 11.6 Å². The summed E-state index contributed by atoms with van der Waals surface area (Å²) in [7, 11) is 0. The summed E-state index contributed by atoms with van der Waals surface area (Å²) in [5, 5.41) is 3.27. The van der Waals surface area contributed by atoms with E-state index in [9.17, 15) is 4.79 Å². The highest BCUT2D eigenvalue weighted by molar-refractivity contribution is 6.34. The van der Waals surface area contributed by atoms with Gasteiger partial charge in [-0.25, -0.2) is 0 Å². The smallest absolute Gasteiger partial charge is 0.227 e. The summed E-state index contributed by atoms with van der Waals surface area (Å²) < 4.78 is 0. The van der Waals surface area contributed by atoms with Crippen LogP contribution in [0.5, 0.6) is 0 Å². The number of hydrogen-bond acceptors (Lipinski definition) is 2. The van der Waals surface area contributed by atoms with E-state index in [1.54, 1.807) is 18.2 Å². The Morgan fingerprint density at radius 3 is 2.81 bits per heavy atom. The van der Waals surface area contributed by atoms with Crippen LogP contribution in [0.15, 0.2) is 18.2 Å². The zero-order valence-corrected chi connectivity index (χ0v) is 10.3. The monoisotopic (exact) mass is 240 g/mol. The van der Waals surface area contributed by atoms with Crippen molar-refractivity contribution in [3.8, 4) is 0 Å². The van der Waals surface area contributed by atoms with Crippen LogP contribution in [-0.4, -0.2) is 5.91 Å². The van der Waals surface area contributed by atoms with E-state index in [4.69, 9.17) is 17.3 Å². The third-order valence-corrected chi connectivity index (χ3v) is 2.73. The molecule has 0 saturated heterocycles. The first-order valence-corrected chi connectivity index (χ1v) is 5.78. The molecule has 1 rings (SSSR count). The van der Waals surface area contributed by atoms with Crippen molar-refractivity contribution in [2.24, 2.45) is 5.92 Å². The number of nitrogens with two attached hydrogens (primary N) is 1. The van der Waals surface area contributed by atoms with E-state index in [1.165, 1.54) is 0 Å². The Hall–Kier alpha value is -1.22. The number of nitrogen functional groups attached to an aromatic ring is 1. The third-order valence-electron chi connectivity index (χ3n) is 2.42. The van der Waals surface area contributed by atoms with E-state index in [0.29, 0.717) is 16.4 Å². The molecule has 16 heavy (non-hydrogen) atoms. The van der Waals surface area contributed by atoms with Crippen LogP contribution in [-0.2, 0) is 4.79 Å². The van der Waals surface area contributed by atoms with E-state index in [-0.39, 0.29) is 11.8 Å². The van der Waals surface area contributed by atoms with Crippen molar-refractivity contribution in [3.63, 3.8) is 0 Å². The minimum atomic E-state index is -0.00600. The molecule has 1 unspecified atom stereocenters. The highest BCUT2D eigenvalue weighted by Gasteiger charge is 2.13. The Kier molecular flexibility index (Phi) is 4.62. The van der Waals surface area contributed by atoms with Gasteiger partial charge in [-0.2, -0.15) is 0 Å². The molecular formula is C12H17ClN2O. The van der Waals surface area contributed by atoms with Crippen LogP contribution in [0.25, 0.3) is 0 Å². The lowest BCUT2D eigenvalue weighted by molar-refractivity contribution is -0.119. The van der Waals surface area contributed by atoms with E-state index in [0.717, 1.165) is 12.8 Å². The van der Waals surface area contributed by atoms with Crippen molar-refractivity contribution in [2.45, 2.75) is 26.7 Å². The topological polar surface area (TPSA) is 55.1 Å². The molecule has 3 N–H and O–H groups in total. The molecule has 1 amide bonds. The number of carbonyl (C=O) groups excluding carboxylic acids is 1. The number of amides is 1. The van der Waals surface area contributed by atoms with E-state index in [2.05, 4.69) is 12.2 Å². The van der Waals surface area contributed by atoms with Crippen LogP contribution in [0, 0.1) is 5.92 Å². The molecule has 0 saturated carbocycles. The molecule has 0 aliphatic rings. The average molecular weight is 241 g/mol. The molecule has 0 heterocycles. The molecule has 0 aliphatic heterocycles. The van der Waals surface area contributed by atoms with Gasteiger partial charge in [-0.3, -0.25) is 4.79 Å². The van der Waals surface area contributed by atoms with Crippen molar-refractivity contribution in [1.29, 1.82) is 0 Å². The Balaban J connectivity index is 2.69. The molecule has 0 spiro atoms. The SMILES string of the molecule is CCCC(C)C(=O)Nc1ccc(N)cc1Cl. The normalized spacial score (nSPS) is 12.2. The minimum Gasteiger partial charge on any atom is -0.399 e. The van der Waals surface area contributed by atoms with Crippen molar-refractivity contribution < 1.29 is 4.79 Å². The Labute approximate surface area is 101 Å². The highest BCUT2D eigenvalue weighted by Crippen LogP contribution is 2.24. The fourth-order valence-electron chi connectivity index (χ4n) is 1.45. The highest BCUT2D eigenvalue weighted by atomic mass is 35.5. The van der Waals surface area contributed by atoms with E-state index < -0.39 is 0 Å². The van der Waals surface area contributed by atoms with Gasteiger partial charge in [0.1, 0.15) is 0 Å². The third kappa shape index (κ3) is 3.42. The summed E-state index contributed by atoms with van der Waals surface area (Å²) >= 11 is 5.96. The van der Waals surface area contributed by atoms with Gasteiger partial charge in [-0.05, 0) is 24.6 Å². The summed E-state index contributed by atoms with van der Waals surface area (Å²) in [6, 6.07) is 5.06. The Bertz CT molecular complexity index is 379. The van der Waals surface area contributed by atoms with Gasteiger partial charge in [-0.15, -0.1) is 0 Å². The lowest BCUT2D eigenvalue weighted by atomic mass is 10.1. The quantitative estimate of drug-likeness (QED) is 0.794. The molecule has 1 aromatic carbocycles. The van der Waals surface area contributed by atoms with Crippen LogP contribution < -0.4 is 11.1 Å².